The van der Waals surface area contributed by atoms with E-state index in [0.717, 1.165) is 0 Å². The maximum Gasteiger partial charge on any atom is 0.151 e. The van der Waals surface area contributed by atoms with Crippen LogP contribution in [-0.4, -0.2) is 10.9 Å². The molecule has 0 fully saturated rings. The molecule has 0 amide bonds. The van der Waals surface area contributed by atoms with Gasteiger partial charge in [-0.25, -0.2) is 4.39 Å². The Morgan fingerprint density at radius 1 is 1.43 bits per heavy atom. The number of halogens is 2. The zero-order valence-corrected chi connectivity index (χ0v) is 9.13. The average Bonchev–Trinajstić information content (AvgIpc) is 2.08. The summed E-state index contributed by atoms with van der Waals surface area (Å²) in [5.74, 6) is 0.461. The van der Waals surface area contributed by atoms with Gasteiger partial charge in [0.15, 0.2) is 5.17 Å². The van der Waals surface area contributed by atoms with E-state index >= 15 is 0 Å². The summed E-state index contributed by atoms with van der Waals surface area (Å²) in [6.45, 7) is 0. The van der Waals surface area contributed by atoms with Crippen molar-refractivity contribution in [1.29, 1.82) is 5.41 Å². The molecule has 0 aliphatic carbocycles. The number of nitrogens with one attached hydrogen (secondary N) is 1. The Labute approximate surface area is 93.0 Å². The van der Waals surface area contributed by atoms with E-state index in [2.05, 4.69) is 0 Å². The minimum atomic E-state index is -0.188. The molecule has 0 saturated carbocycles. The zero-order chi connectivity index (χ0) is 9.68. The number of hydrogen-bond acceptors (Lipinski definition) is 2. The van der Waals surface area contributed by atoms with E-state index in [1.165, 1.54) is 17.8 Å². The third kappa shape index (κ3) is 4.48. The van der Waals surface area contributed by atoms with Crippen molar-refractivity contribution < 1.29 is 4.39 Å². The fourth-order valence-electron chi connectivity index (χ4n) is 0.972. The second-order valence-corrected chi connectivity index (χ2v) is 3.69. The average molecular weight is 235 g/mol. The predicted octanol–water partition coefficient (Wildman–Crippen LogP) is 2.42. The van der Waals surface area contributed by atoms with E-state index in [1.54, 1.807) is 18.2 Å². The van der Waals surface area contributed by atoms with E-state index in [1.807, 2.05) is 0 Å². The van der Waals surface area contributed by atoms with Crippen LogP contribution < -0.4 is 5.73 Å². The highest BCUT2D eigenvalue weighted by Crippen LogP contribution is 2.10. The van der Waals surface area contributed by atoms with Gasteiger partial charge in [0.05, 0.1) is 0 Å². The van der Waals surface area contributed by atoms with Gasteiger partial charge >= 0.3 is 0 Å². The Morgan fingerprint density at radius 2 is 2.07 bits per heavy atom. The van der Waals surface area contributed by atoms with Gasteiger partial charge in [-0.2, -0.15) is 0 Å². The summed E-state index contributed by atoms with van der Waals surface area (Å²) >= 11 is 1.23. The van der Waals surface area contributed by atoms with Gasteiger partial charge in [-0.15, -0.1) is 12.4 Å². The third-order valence-electron chi connectivity index (χ3n) is 1.59. The fraction of sp³-hybridized carbons (Fsp3) is 0.222. The highest BCUT2D eigenvalue weighted by Gasteiger charge is 2.00. The number of thioether (sulfide) groups is 1. The summed E-state index contributed by atoms with van der Waals surface area (Å²) in [5, 5.41) is 7.04. The van der Waals surface area contributed by atoms with Crippen LogP contribution in [0.15, 0.2) is 24.3 Å². The molecule has 0 unspecified atom stereocenters. The van der Waals surface area contributed by atoms with Crippen molar-refractivity contribution in [3.8, 4) is 0 Å². The Kier molecular flexibility index (Phi) is 6.32. The molecule has 2 nitrogen and oxygen atoms in total. The first-order chi connectivity index (χ1) is 6.20. The van der Waals surface area contributed by atoms with E-state index in [4.69, 9.17) is 11.1 Å². The maximum absolute atomic E-state index is 13.0. The minimum absolute atomic E-state index is 0. The molecular formula is C9H12ClFN2S. The fourth-order valence-corrected chi connectivity index (χ4v) is 1.51. The summed E-state index contributed by atoms with van der Waals surface area (Å²) < 4.78 is 13.0. The van der Waals surface area contributed by atoms with Crippen molar-refractivity contribution in [3.05, 3.63) is 35.6 Å². The van der Waals surface area contributed by atoms with Gasteiger partial charge in [-0.05, 0) is 18.1 Å². The van der Waals surface area contributed by atoms with Crippen LogP contribution >= 0.6 is 24.2 Å². The number of hydrogen-bond donors (Lipinski definition) is 2. The topological polar surface area (TPSA) is 49.9 Å². The Balaban J connectivity index is 0.00000169. The Morgan fingerprint density at radius 3 is 2.64 bits per heavy atom. The number of amidine groups is 1. The lowest BCUT2D eigenvalue weighted by molar-refractivity contribution is 0.613. The van der Waals surface area contributed by atoms with Crippen molar-refractivity contribution in [2.75, 3.05) is 5.75 Å². The number of nitrogens with two attached hydrogens (primary N) is 1. The monoisotopic (exact) mass is 234 g/mol. The van der Waals surface area contributed by atoms with E-state index < -0.39 is 0 Å². The first-order valence-electron chi connectivity index (χ1n) is 3.90. The molecule has 1 rings (SSSR count). The Bertz CT molecular complexity index is 307. The van der Waals surface area contributed by atoms with Crippen molar-refractivity contribution >= 4 is 29.3 Å². The molecule has 0 heterocycles. The van der Waals surface area contributed by atoms with E-state index in [9.17, 15) is 4.39 Å². The van der Waals surface area contributed by atoms with Crippen LogP contribution in [0.2, 0.25) is 0 Å². The summed E-state index contributed by atoms with van der Waals surface area (Å²) in [7, 11) is 0. The van der Waals surface area contributed by atoms with Crippen LogP contribution in [0.25, 0.3) is 0 Å². The molecule has 3 N–H and O–H groups in total. The van der Waals surface area contributed by atoms with Gasteiger partial charge in [0.25, 0.3) is 0 Å². The molecule has 0 radical (unpaired) electrons. The summed E-state index contributed by atoms with van der Waals surface area (Å²) in [6, 6.07) is 6.65. The lowest BCUT2D eigenvalue weighted by Gasteiger charge is -2.01. The highest BCUT2D eigenvalue weighted by atomic mass is 35.5. The van der Waals surface area contributed by atoms with Crippen LogP contribution in [0.4, 0.5) is 4.39 Å². The zero-order valence-electron chi connectivity index (χ0n) is 7.50. The lowest BCUT2D eigenvalue weighted by atomic mass is 10.2. The minimum Gasteiger partial charge on any atom is -0.379 e. The first kappa shape index (κ1) is 13.3. The van der Waals surface area contributed by atoms with Crippen molar-refractivity contribution in [1.82, 2.24) is 0 Å². The summed E-state index contributed by atoms with van der Waals surface area (Å²) in [5.41, 5.74) is 5.82. The van der Waals surface area contributed by atoms with Gasteiger partial charge in [0, 0.05) is 5.75 Å². The van der Waals surface area contributed by atoms with Crippen molar-refractivity contribution in [2.45, 2.75) is 6.42 Å². The normalized spacial score (nSPS) is 9.21. The molecule has 0 saturated heterocycles. The van der Waals surface area contributed by atoms with E-state index in [0.29, 0.717) is 17.7 Å². The highest BCUT2D eigenvalue weighted by molar-refractivity contribution is 8.13. The van der Waals surface area contributed by atoms with Crippen molar-refractivity contribution in [3.63, 3.8) is 0 Å². The Hall–Kier alpha value is -0.740. The molecule has 0 aliphatic rings. The van der Waals surface area contributed by atoms with Gasteiger partial charge in [0.1, 0.15) is 5.82 Å². The molecule has 78 valence electrons. The summed E-state index contributed by atoms with van der Waals surface area (Å²) in [4.78, 5) is 0. The largest absolute Gasteiger partial charge is 0.379 e. The number of benzene rings is 1. The van der Waals surface area contributed by atoms with Gasteiger partial charge < -0.3 is 5.73 Å². The maximum atomic E-state index is 13.0. The SMILES string of the molecule is Cl.N=C(N)SCCc1ccccc1F. The van der Waals surface area contributed by atoms with Crippen LogP contribution in [0, 0.1) is 11.2 Å². The van der Waals surface area contributed by atoms with Crippen LogP contribution in [0.3, 0.4) is 0 Å². The van der Waals surface area contributed by atoms with E-state index in [-0.39, 0.29) is 23.4 Å². The van der Waals surface area contributed by atoms with Crippen LogP contribution in [-0.2, 0) is 6.42 Å². The third-order valence-corrected chi connectivity index (χ3v) is 2.31. The number of rotatable bonds is 3. The molecule has 1 aromatic carbocycles. The van der Waals surface area contributed by atoms with Gasteiger partial charge in [0.2, 0.25) is 0 Å². The molecule has 0 atom stereocenters. The molecule has 0 aromatic heterocycles. The van der Waals surface area contributed by atoms with Gasteiger partial charge in [-0.1, -0.05) is 30.0 Å². The molecule has 0 spiro atoms. The smallest absolute Gasteiger partial charge is 0.151 e. The molecular weight excluding hydrogens is 223 g/mol. The molecule has 5 heteroatoms. The quantitative estimate of drug-likeness (QED) is 0.623. The van der Waals surface area contributed by atoms with Crippen LogP contribution in [0.5, 0.6) is 0 Å². The first-order valence-corrected chi connectivity index (χ1v) is 4.89. The molecule has 0 bridgehead atoms. The predicted molar refractivity (Wildman–Crippen MR) is 61.7 cm³/mol. The molecule has 0 aliphatic heterocycles. The second-order valence-electron chi connectivity index (χ2n) is 2.55. The second kappa shape index (κ2) is 6.68. The van der Waals surface area contributed by atoms with Crippen molar-refractivity contribution in [2.24, 2.45) is 5.73 Å². The molecule has 14 heavy (non-hydrogen) atoms. The van der Waals surface area contributed by atoms with Crippen LogP contribution in [0.1, 0.15) is 5.56 Å². The molecule has 1 aromatic rings. The van der Waals surface area contributed by atoms with Gasteiger partial charge in [-0.3, -0.25) is 5.41 Å². The lowest BCUT2D eigenvalue weighted by Crippen LogP contribution is -2.05. The standard InChI is InChI=1S/C9H11FN2S.ClH/c10-8-4-2-1-3-7(8)5-6-13-9(11)12;/h1-4H,5-6H2,(H3,11,12);1H. The number of aryl methyl sites for hydroxylation is 1. The summed E-state index contributed by atoms with van der Waals surface area (Å²) in [6.07, 6.45) is 0.608.